The zero-order chi connectivity index (χ0) is 27.7. The highest BCUT2D eigenvalue weighted by molar-refractivity contribution is 5.82. The average Bonchev–Trinajstić information content (AvgIpc) is 3.22. The normalized spacial score (nSPS) is 20.2. The number of pyridine rings is 1. The lowest BCUT2D eigenvalue weighted by atomic mass is 9.76. The van der Waals surface area contributed by atoms with Crippen LogP contribution in [0.25, 0.3) is 16.7 Å². The maximum Gasteiger partial charge on any atom is 0.248 e. The van der Waals surface area contributed by atoms with E-state index in [2.05, 4.69) is 26.0 Å². The molecule has 0 N–H and O–H groups in total. The lowest BCUT2D eigenvalue weighted by Gasteiger charge is -2.32. The number of furan rings is 1. The van der Waals surface area contributed by atoms with Crippen LogP contribution in [0.1, 0.15) is 91.6 Å². The van der Waals surface area contributed by atoms with E-state index < -0.39 is 12.1 Å². The van der Waals surface area contributed by atoms with Crippen molar-refractivity contribution in [1.29, 1.82) is 0 Å². The quantitative estimate of drug-likeness (QED) is 0.283. The first-order chi connectivity index (χ1) is 18.7. The van der Waals surface area contributed by atoms with Gasteiger partial charge in [-0.15, -0.1) is 0 Å². The number of benzene rings is 1. The summed E-state index contributed by atoms with van der Waals surface area (Å²) in [7, 11) is 0. The Morgan fingerprint density at radius 1 is 1.10 bits per heavy atom. The minimum atomic E-state index is -2.52. The van der Waals surface area contributed by atoms with Gasteiger partial charge in [-0.3, -0.25) is 4.98 Å². The summed E-state index contributed by atoms with van der Waals surface area (Å²) in [6.45, 7) is 8.01. The van der Waals surface area contributed by atoms with E-state index >= 15 is 0 Å². The summed E-state index contributed by atoms with van der Waals surface area (Å²) in [5.74, 6) is -0.0934. The van der Waals surface area contributed by atoms with E-state index in [4.69, 9.17) is 9.40 Å². The van der Waals surface area contributed by atoms with Crippen LogP contribution in [0.5, 0.6) is 0 Å². The fourth-order valence-electron chi connectivity index (χ4n) is 6.45. The van der Waals surface area contributed by atoms with Crippen molar-refractivity contribution < 1.29 is 17.6 Å². The van der Waals surface area contributed by atoms with E-state index in [9.17, 15) is 13.2 Å². The Bertz CT molecular complexity index is 1370. The molecule has 206 valence electrons. The fourth-order valence-corrected chi connectivity index (χ4v) is 6.45. The van der Waals surface area contributed by atoms with Gasteiger partial charge in [0.15, 0.2) is 0 Å². The van der Waals surface area contributed by atoms with Crippen LogP contribution in [0, 0.1) is 25.7 Å². The summed E-state index contributed by atoms with van der Waals surface area (Å²) in [6, 6.07) is 9.86. The molecule has 0 spiro atoms. The molecule has 0 radical (unpaired) electrons. The van der Waals surface area contributed by atoms with E-state index in [1.807, 2.05) is 44.3 Å². The predicted octanol–water partition coefficient (Wildman–Crippen LogP) is 9.93. The van der Waals surface area contributed by atoms with Crippen LogP contribution >= 0.6 is 0 Å². The number of halogens is 3. The highest BCUT2D eigenvalue weighted by atomic mass is 19.3. The number of aromatic nitrogens is 1. The van der Waals surface area contributed by atoms with Gasteiger partial charge in [-0.05, 0) is 86.6 Å². The van der Waals surface area contributed by atoms with Crippen molar-refractivity contribution in [3.05, 3.63) is 94.2 Å². The van der Waals surface area contributed by atoms with Crippen molar-refractivity contribution in [2.24, 2.45) is 11.8 Å². The molecule has 1 fully saturated rings. The first-order valence-electron chi connectivity index (χ1n) is 14.2. The van der Waals surface area contributed by atoms with Gasteiger partial charge in [0.25, 0.3) is 0 Å². The van der Waals surface area contributed by atoms with Crippen LogP contribution in [0.4, 0.5) is 13.2 Å². The Morgan fingerprint density at radius 3 is 2.46 bits per heavy atom. The van der Waals surface area contributed by atoms with Gasteiger partial charge in [0, 0.05) is 42.2 Å². The summed E-state index contributed by atoms with van der Waals surface area (Å²) in [4.78, 5) is 4.96. The zero-order valence-electron chi connectivity index (χ0n) is 23.4. The van der Waals surface area contributed by atoms with Crippen LogP contribution in [-0.2, 0) is 12.8 Å². The number of hydrogen-bond acceptors (Lipinski definition) is 2. The van der Waals surface area contributed by atoms with Crippen molar-refractivity contribution >= 4 is 5.57 Å². The van der Waals surface area contributed by atoms with Gasteiger partial charge in [0.1, 0.15) is 17.7 Å². The molecule has 2 aliphatic carbocycles. The molecule has 2 unspecified atom stereocenters. The smallest absolute Gasteiger partial charge is 0.248 e. The van der Waals surface area contributed by atoms with Crippen LogP contribution in [-0.4, -0.2) is 10.9 Å². The van der Waals surface area contributed by atoms with Gasteiger partial charge >= 0.3 is 0 Å². The molecule has 3 aromatic rings. The fraction of sp³-hybridized carbons (Fsp3) is 0.441. The predicted molar refractivity (Wildman–Crippen MR) is 152 cm³/mol. The molecule has 5 rings (SSSR count). The number of alkyl halides is 3. The largest absolute Gasteiger partial charge is 0.465 e. The van der Waals surface area contributed by atoms with E-state index in [0.29, 0.717) is 24.3 Å². The lowest BCUT2D eigenvalue weighted by Crippen LogP contribution is -2.26. The topological polar surface area (TPSA) is 26.0 Å². The van der Waals surface area contributed by atoms with Crippen LogP contribution < -0.4 is 0 Å². The molecule has 2 heterocycles. The first-order valence-corrected chi connectivity index (χ1v) is 14.2. The molecule has 1 aromatic carbocycles. The number of nitrogens with zero attached hydrogens (tertiary/aromatic N) is 1. The van der Waals surface area contributed by atoms with E-state index in [0.717, 1.165) is 69.9 Å². The Labute approximate surface area is 230 Å². The van der Waals surface area contributed by atoms with Gasteiger partial charge in [-0.1, -0.05) is 49.4 Å². The second kappa shape index (κ2) is 11.2. The number of fused-ring (bicyclic) bond motifs is 1. The third-order valence-corrected chi connectivity index (χ3v) is 8.51. The molecule has 5 heteroatoms. The molecule has 0 bridgehead atoms. The van der Waals surface area contributed by atoms with Crippen LogP contribution in [0.2, 0.25) is 0 Å². The number of hydrogen-bond donors (Lipinski definition) is 0. The highest BCUT2D eigenvalue weighted by Crippen LogP contribution is 2.43. The zero-order valence-corrected chi connectivity index (χ0v) is 23.4. The van der Waals surface area contributed by atoms with Gasteiger partial charge in [0.2, 0.25) is 5.92 Å². The molecule has 0 amide bonds. The molecule has 2 atom stereocenters. The number of rotatable bonds is 7. The SMILES string of the molecule is C/C=C/C(F)c1ccc(C2=CC(CC3CCC(F)(F)CC3)Cc3cc(-c4c(C)oc(CC)c4C)cnc32)cc1. The number of allylic oxidation sites excluding steroid dienone is 3. The maximum absolute atomic E-state index is 14.4. The van der Waals surface area contributed by atoms with Gasteiger partial charge in [-0.25, -0.2) is 13.2 Å². The Hall–Kier alpha value is -3.08. The second-order valence-electron chi connectivity index (χ2n) is 11.3. The number of aryl methyl sites for hydroxylation is 2. The Kier molecular flexibility index (Phi) is 7.89. The third-order valence-electron chi connectivity index (χ3n) is 8.51. The second-order valence-corrected chi connectivity index (χ2v) is 11.3. The average molecular weight is 534 g/mol. The third kappa shape index (κ3) is 5.78. The molecule has 2 nitrogen and oxygen atoms in total. The van der Waals surface area contributed by atoms with Crippen molar-refractivity contribution in [3.63, 3.8) is 0 Å². The van der Waals surface area contributed by atoms with Crippen LogP contribution in [0.15, 0.2) is 59.2 Å². The standard InChI is InChI=1S/C34H38F3NO/c1-5-7-30(35)26-10-8-25(9-11-26)29-18-24(16-23-12-14-34(36,37)15-13-23)17-27-19-28(20-38-33(27)29)32-21(3)31(6-2)39-22(32)4/h5,7-11,18-20,23-24,30H,6,12-17H2,1-4H3/b7-5+. The van der Waals surface area contributed by atoms with Crippen molar-refractivity contribution in [2.75, 3.05) is 0 Å². The molecule has 2 aromatic heterocycles. The van der Waals surface area contributed by atoms with E-state index in [1.165, 1.54) is 0 Å². The van der Waals surface area contributed by atoms with Crippen molar-refractivity contribution in [2.45, 2.75) is 84.7 Å². The van der Waals surface area contributed by atoms with Crippen LogP contribution in [0.3, 0.4) is 0 Å². The van der Waals surface area contributed by atoms with Crippen molar-refractivity contribution in [1.82, 2.24) is 4.98 Å². The first kappa shape index (κ1) is 27.5. The summed E-state index contributed by atoms with van der Waals surface area (Å²) in [5.41, 5.74) is 8.06. The molecule has 0 aliphatic heterocycles. The van der Waals surface area contributed by atoms with Gasteiger partial charge < -0.3 is 4.42 Å². The summed E-state index contributed by atoms with van der Waals surface area (Å²) in [5, 5.41) is 0. The summed E-state index contributed by atoms with van der Waals surface area (Å²) in [6.07, 6.45) is 10.0. The lowest BCUT2D eigenvalue weighted by molar-refractivity contribution is -0.0474. The molecular weight excluding hydrogens is 495 g/mol. The van der Waals surface area contributed by atoms with E-state index in [-0.39, 0.29) is 18.8 Å². The van der Waals surface area contributed by atoms with Gasteiger partial charge in [-0.2, -0.15) is 0 Å². The molecule has 2 aliphatic rings. The summed E-state index contributed by atoms with van der Waals surface area (Å²) >= 11 is 0. The molecule has 1 saturated carbocycles. The minimum Gasteiger partial charge on any atom is -0.465 e. The minimum absolute atomic E-state index is 0.0138. The highest BCUT2D eigenvalue weighted by Gasteiger charge is 2.36. The van der Waals surface area contributed by atoms with E-state index in [1.54, 1.807) is 12.2 Å². The Morgan fingerprint density at radius 2 is 1.82 bits per heavy atom. The monoisotopic (exact) mass is 533 g/mol. The summed E-state index contributed by atoms with van der Waals surface area (Å²) < 4.78 is 48.1. The molecular formula is C34H38F3NO. The maximum atomic E-state index is 14.4. The molecule has 39 heavy (non-hydrogen) atoms. The Balaban J connectivity index is 1.51. The van der Waals surface area contributed by atoms with Crippen molar-refractivity contribution in [3.8, 4) is 11.1 Å². The van der Waals surface area contributed by atoms with Gasteiger partial charge in [0.05, 0.1) is 5.69 Å². The molecule has 0 saturated heterocycles.